The van der Waals surface area contributed by atoms with E-state index in [4.69, 9.17) is 27.6 Å². The number of carbonyl (C=O) groups excluding carboxylic acids is 1. The SMILES string of the molecule is CC(NC(=O)c1cc(-c2ccco2)nn1-c1ccc(Cl)c(Cl)c1)c1ccccc1. The summed E-state index contributed by atoms with van der Waals surface area (Å²) in [5.41, 5.74) is 2.53. The van der Waals surface area contributed by atoms with Gasteiger partial charge in [-0.05, 0) is 42.8 Å². The van der Waals surface area contributed by atoms with Gasteiger partial charge in [0.1, 0.15) is 11.4 Å². The Morgan fingerprint density at radius 2 is 1.83 bits per heavy atom. The van der Waals surface area contributed by atoms with Gasteiger partial charge in [0.25, 0.3) is 5.91 Å². The van der Waals surface area contributed by atoms with E-state index in [0.717, 1.165) is 5.56 Å². The molecule has 2 aromatic carbocycles. The Morgan fingerprint density at radius 1 is 1.03 bits per heavy atom. The van der Waals surface area contributed by atoms with Crippen molar-refractivity contribution in [1.82, 2.24) is 15.1 Å². The fourth-order valence-corrected chi connectivity index (χ4v) is 3.29. The summed E-state index contributed by atoms with van der Waals surface area (Å²) < 4.78 is 6.98. The molecule has 29 heavy (non-hydrogen) atoms. The van der Waals surface area contributed by atoms with Crippen LogP contribution in [0.15, 0.2) is 77.4 Å². The maximum atomic E-state index is 13.1. The number of carbonyl (C=O) groups is 1. The van der Waals surface area contributed by atoms with E-state index in [0.29, 0.717) is 32.9 Å². The van der Waals surface area contributed by atoms with Crippen molar-refractivity contribution in [3.8, 4) is 17.1 Å². The van der Waals surface area contributed by atoms with E-state index >= 15 is 0 Å². The number of benzene rings is 2. The maximum absolute atomic E-state index is 13.1. The van der Waals surface area contributed by atoms with Crippen LogP contribution in [0.1, 0.15) is 29.0 Å². The molecule has 0 aliphatic rings. The fourth-order valence-electron chi connectivity index (χ4n) is 3.00. The third kappa shape index (κ3) is 4.06. The van der Waals surface area contributed by atoms with Crippen molar-refractivity contribution in [2.75, 3.05) is 0 Å². The molecule has 7 heteroatoms. The van der Waals surface area contributed by atoms with Crippen molar-refractivity contribution in [2.45, 2.75) is 13.0 Å². The van der Waals surface area contributed by atoms with Crippen molar-refractivity contribution in [3.63, 3.8) is 0 Å². The molecule has 146 valence electrons. The van der Waals surface area contributed by atoms with Crippen LogP contribution in [0.2, 0.25) is 10.0 Å². The Bertz CT molecular complexity index is 1140. The minimum absolute atomic E-state index is 0.173. The van der Waals surface area contributed by atoms with Crippen LogP contribution in [0.3, 0.4) is 0 Å². The third-order valence-corrected chi connectivity index (χ3v) is 5.25. The first-order valence-corrected chi connectivity index (χ1v) is 9.73. The van der Waals surface area contributed by atoms with Crippen LogP contribution >= 0.6 is 23.2 Å². The molecule has 0 aliphatic carbocycles. The normalized spacial score (nSPS) is 12.0. The van der Waals surface area contributed by atoms with E-state index in [1.54, 1.807) is 42.7 Å². The minimum Gasteiger partial charge on any atom is -0.463 e. The lowest BCUT2D eigenvalue weighted by Crippen LogP contribution is -2.28. The molecule has 1 unspecified atom stereocenters. The summed E-state index contributed by atoms with van der Waals surface area (Å²) >= 11 is 12.2. The number of nitrogens with zero attached hydrogens (tertiary/aromatic N) is 2. The maximum Gasteiger partial charge on any atom is 0.270 e. The molecule has 1 atom stereocenters. The summed E-state index contributed by atoms with van der Waals surface area (Å²) in [6.07, 6.45) is 1.56. The smallest absolute Gasteiger partial charge is 0.270 e. The second-order valence-electron chi connectivity index (χ2n) is 6.51. The molecule has 2 heterocycles. The van der Waals surface area contributed by atoms with Crippen molar-refractivity contribution in [1.29, 1.82) is 0 Å². The first-order valence-electron chi connectivity index (χ1n) is 8.98. The fraction of sp³-hybridized carbons (Fsp3) is 0.0909. The highest BCUT2D eigenvalue weighted by molar-refractivity contribution is 6.42. The molecule has 0 aliphatic heterocycles. The van der Waals surface area contributed by atoms with Gasteiger partial charge in [-0.15, -0.1) is 0 Å². The highest BCUT2D eigenvalue weighted by Gasteiger charge is 2.21. The number of nitrogens with one attached hydrogen (secondary N) is 1. The zero-order chi connectivity index (χ0) is 20.4. The van der Waals surface area contributed by atoms with Crippen molar-refractivity contribution in [3.05, 3.63) is 94.3 Å². The molecule has 1 amide bonds. The topological polar surface area (TPSA) is 60.1 Å². The molecule has 0 bridgehead atoms. The predicted octanol–water partition coefficient (Wildman–Crippen LogP) is 5.93. The molecule has 1 N–H and O–H groups in total. The van der Waals surface area contributed by atoms with Crippen LogP contribution in [0.25, 0.3) is 17.1 Å². The number of amides is 1. The van der Waals surface area contributed by atoms with Crippen molar-refractivity contribution in [2.24, 2.45) is 0 Å². The van der Waals surface area contributed by atoms with Gasteiger partial charge in [-0.25, -0.2) is 4.68 Å². The van der Waals surface area contributed by atoms with E-state index in [1.807, 2.05) is 37.3 Å². The number of hydrogen-bond acceptors (Lipinski definition) is 3. The van der Waals surface area contributed by atoms with Gasteiger partial charge in [0, 0.05) is 6.07 Å². The Balaban J connectivity index is 1.72. The van der Waals surface area contributed by atoms with E-state index in [2.05, 4.69) is 10.4 Å². The van der Waals surface area contributed by atoms with Gasteiger partial charge in [-0.2, -0.15) is 5.10 Å². The number of hydrogen-bond donors (Lipinski definition) is 1. The number of aromatic nitrogens is 2. The lowest BCUT2D eigenvalue weighted by Gasteiger charge is -2.15. The second kappa shape index (κ2) is 8.15. The van der Waals surface area contributed by atoms with Gasteiger partial charge in [0.05, 0.1) is 28.0 Å². The summed E-state index contributed by atoms with van der Waals surface area (Å²) in [7, 11) is 0. The molecule has 5 nitrogen and oxygen atoms in total. The first-order chi connectivity index (χ1) is 14.0. The van der Waals surface area contributed by atoms with E-state index in [9.17, 15) is 4.79 Å². The lowest BCUT2D eigenvalue weighted by molar-refractivity contribution is 0.0932. The number of rotatable bonds is 5. The van der Waals surface area contributed by atoms with Gasteiger partial charge in [-0.1, -0.05) is 53.5 Å². The van der Waals surface area contributed by atoms with Gasteiger partial charge in [0.2, 0.25) is 0 Å². The van der Waals surface area contributed by atoms with E-state index < -0.39 is 0 Å². The molecule has 0 radical (unpaired) electrons. The summed E-state index contributed by atoms with van der Waals surface area (Å²) in [6, 6.07) is 19.9. The molecule has 0 fully saturated rings. The highest BCUT2D eigenvalue weighted by atomic mass is 35.5. The molecule has 0 spiro atoms. The van der Waals surface area contributed by atoms with Crippen LogP contribution in [-0.2, 0) is 0 Å². The summed E-state index contributed by atoms with van der Waals surface area (Å²) in [6.45, 7) is 1.93. The average Bonchev–Trinajstić information content (AvgIpc) is 3.40. The second-order valence-corrected chi connectivity index (χ2v) is 7.32. The van der Waals surface area contributed by atoms with Crippen LogP contribution in [0.4, 0.5) is 0 Å². The van der Waals surface area contributed by atoms with Crippen LogP contribution in [0.5, 0.6) is 0 Å². The minimum atomic E-state index is -0.266. The largest absolute Gasteiger partial charge is 0.463 e. The highest BCUT2D eigenvalue weighted by Crippen LogP contribution is 2.27. The van der Waals surface area contributed by atoms with Crippen LogP contribution in [-0.4, -0.2) is 15.7 Å². The van der Waals surface area contributed by atoms with Crippen molar-refractivity contribution >= 4 is 29.1 Å². The van der Waals surface area contributed by atoms with Gasteiger partial charge < -0.3 is 9.73 Å². The summed E-state index contributed by atoms with van der Waals surface area (Å²) in [4.78, 5) is 13.1. The van der Waals surface area contributed by atoms with Crippen LogP contribution < -0.4 is 5.32 Å². The molecular weight excluding hydrogens is 409 g/mol. The third-order valence-electron chi connectivity index (χ3n) is 4.51. The van der Waals surface area contributed by atoms with E-state index in [1.165, 1.54) is 4.68 Å². The summed E-state index contributed by atoms with van der Waals surface area (Å²) in [5, 5.41) is 8.38. The first kappa shape index (κ1) is 19.3. The van der Waals surface area contributed by atoms with Gasteiger partial charge in [-0.3, -0.25) is 4.79 Å². The predicted molar refractivity (Wildman–Crippen MR) is 114 cm³/mol. The molecule has 2 aromatic heterocycles. The zero-order valence-corrected chi connectivity index (χ0v) is 17.0. The molecule has 4 aromatic rings. The van der Waals surface area contributed by atoms with Crippen molar-refractivity contribution < 1.29 is 9.21 Å². The molecule has 4 rings (SSSR count). The van der Waals surface area contributed by atoms with E-state index in [-0.39, 0.29) is 11.9 Å². The molecular formula is C22H17Cl2N3O2. The van der Waals surface area contributed by atoms with Gasteiger partial charge in [0.15, 0.2) is 5.76 Å². The quantitative estimate of drug-likeness (QED) is 0.430. The number of furan rings is 1. The Kier molecular flexibility index (Phi) is 5.43. The lowest BCUT2D eigenvalue weighted by atomic mass is 10.1. The van der Waals surface area contributed by atoms with Crippen LogP contribution in [0, 0.1) is 0 Å². The molecule has 0 saturated heterocycles. The average molecular weight is 426 g/mol. The standard InChI is InChI=1S/C22H17Cl2N3O2/c1-14(15-6-3-2-4-7-15)25-22(28)20-13-19(21-8-5-11-29-21)26-27(20)16-9-10-17(23)18(24)12-16/h2-14H,1H3,(H,25,28). The Morgan fingerprint density at radius 3 is 2.52 bits per heavy atom. The monoisotopic (exact) mass is 425 g/mol. The molecule has 0 saturated carbocycles. The Hall–Kier alpha value is -3.02. The Labute approximate surface area is 177 Å². The summed E-state index contributed by atoms with van der Waals surface area (Å²) in [5.74, 6) is 0.298. The van der Waals surface area contributed by atoms with Gasteiger partial charge >= 0.3 is 0 Å². The zero-order valence-electron chi connectivity index (χ0n) is 15.5. The number of halogens is 2.